The minimum atomic E-state index is 0.488. The predicted octanol–water partition coefficient (Wildman–Crippen LogP) is 4.57. The van der Waals surface area contributed by atoms with Crippen LogP contribution in [0.15, 0.2) is 65.2 Å². The molecule has 0 aliphatic heterocycles. The van der Waals surface area contributed by atoms with E-state index in [1.165, 1.54) is 0 Å². The summed E-state index contributed by atoms with van der Waals surface area (Å²) in [6.07, 6.45) is 0. The van der Waals surface area contributed by atoms with Crippen LogP contribution in [0, 0.1) is 0 Å². The van der Waals surface area contributed by atoms with E-state index in [9.17, 15) is 0 Å². The van der Waals surface area contributed by atoms with Gasteiger partial charge in [-0.1, -0.05) is 41.6 Å². The second kappa shape index (κ2) is 6.28. The molecule has 0 aliphatic carbocycles. The Morgan fingerprint density at radius 1 is 0.840 bits per heavy atom. The molecule has 5 nitrogen and oxygen atoms in total. The highest BCUT2D eigenvalue weighted by atomic mass is 16.5. The standard InChI is InChI=1S/C20H16N2O3/c1-23-17-11-10-14(12-18(17)24-2)19-21-20(25-22-19)16-9-5-7-13-6-3-4-8-15(13)16/h3-12H,1-2H3. The summed E-state index contributed by atoms with van der Waals surface area (Å²) >= 11 is 0. The number of ether oxygens (including phenoxy) is 2. The van der Waals surface area contributed by atoms with Crippen LogP contribution < -0.4 is 9.47 Å². The summed E-state index contributed by atoms with van der Waals surface area (Å²) in [5.74, 6) is 2.27. The molecular weight excluding hydrogens is 316 g/mol. The lowest BCUT2D eigenvalue weighted by Crippen LogP contribution is -1.91. The predicted molar refractivity (Wildman–Crippen MR) is 95.8 cm³/mol. The van der Waals surface area contributed by atoms with Gasteiger partial charge >= 0.3 is 0 Å². The van der Waals surface area contributed by atoms with Gasteiger partial charge in [0.1, 0.15) is 0 Å². The van der Waals surface area contributed by atoms with E-state index >= 15 is 0 Å². The van der Waals surface area contributed by atoms with Crippen molar-refractivity contribution in [2.75, 3.05) is 14.2 Å². The summed E-state index contributed by atoms with van der Waals surface area (Å²) < 4.78 is 16.1. The van der Waals surface area contributed by atoms with Crippen molar-refractivity contribution in [3.05, 3.63) is 60.7 Å². The zero-order valence-electron chi connectivity index (χ0n) is 13.9. The first-order valence-corrected chi connectivity index (χ1v) is 7.84. The Hall–Kier alpha value is -3.34. The van der Waals surface area contributed by atoms with Crippen molar-refractivity contribution in [3.8, 4) is 34.3 Å². The molecule has 4 aromatic rings. The molecule has 0 amide bonds. The second-order valence-corrected chi connectivity index (χ2v) is 5.52. The van der Waals surface area contributed by atoms with Crippen LogP contribution in [0.25, 0.3) is 33.6 Å². The number of benzene rings is 3. The van der Waals surface area contributed by atoms with Gasteiger partial charge in [0.15, 0.2) is 11.5 Å². The fraction of sp³-hybridized carbons (Fsp3) is 0.100. The average molecular weight is 332 g/mol. The third kappa shape index (κ3) is 2.70. The molecule has 4 rings (SSSR count). The van der Waals surface area contributed by atoms with Crippen molar-refractivity contribution < 1.29 is 14.0 Å². The minimum absolute atomic E-state index is 0.488. The number of hydrogen-bond acceptors (Lipinski definition) is 5. The van der Waals surface area contributed by atoms with E-state index in [0.29, 0.717) is 23.2 Å². The quantitative estimate of drug-likeness (QED) is 0.548. The van der Waals surface area contributed by atoms with E-state index in [4.69, 9.17) is 14.0 Å². The van der Waals surface area contributed by atoms with Gasteiger partial charge in [0, 0.05) is 11.1 Å². The lowest BCUT2D eigenvalue weighted by atomic mass is 10.0. The average Bonchev–Trinajstić information content (AvgIpc) is 3.17. The van der Waals surface area contributed by atoms with Gasteiger partial charge in [-0.05, 0) is 35.0 Å². The first-order valence-electron chi connectivity index (χ1n) is 7.84. The first kappa shape index (κ1) is 15.2. The molecule has 0 spiro atoms. The summed E-state index contributed by atoms with van der Waals surface area (Å²) in [5.41, 5.74) is 1.71. The van der Waals surface area contributed by atoms with Gasteiger partial charge in [-0.3, -0.25) is 0 Å². The zero-order chi connectivity index (χ0) is 17.2. The van der Waals surface area contributed by atoms with Crippen LogP contribution in [-0.2, 0) is 0 Å². The maximum Gasteiger partial charge on any atom is 0.258 e. The molecule has 0 saturated carbocycles. The molecule has 5 heteroatoms. The topological polar surface area (TPSA) is 57.4 Å². The highest BCUT2D eigenvalue weighted by Gasteiger charge is 2.14. The smallest absolute Gasteiger partial charge is 0.258 e. The lowest BCUT2D eigenvalue weighted by molar-refractivity contribution is 0.355. The highest BCUT2D eigenvalue weighted by molar-refractivity contribution is 5.94. The van der Waals surface area contributed by atoms with Crippen LogP contribution >= 0.6 is 0 Å². The maximum absolute atomic E-state index is 5.51. The zero-order valence-corrected chi connectivity index (χ0v) is 13.9. The number of rotatable bonds is 4. The summed E-state index contributed by atoms with van der Waals surface area (Å²) in [4.78, 5) is 4.56. The molecular formula is C20H16N2O3. The summed E-state index contributed by atoms with van der Waals surface area (Å²) in [6.45, 7) is 0. The first-order chi connectivity index (χ1) is 12.3. The molecule has 0 saturated heterocycles. The molecule has 0 bridgehead atoms. The van der Waals surface area contributed by atoms with Crippen LogP contribution in [0.4, 0.5) is 0 Å². The number of nitrogens with zero attached hydrogens (tertiary/aromatic N) is 2. The van der Waals surface area contributed by atoms with Gasteiger partial charge in [0.05, 0.1) is 14.2 Å². The van der Waals surface area contributed by atoms with Gasteiger partial charge < -0.3 is 14.0 Å². The Morgan fingerprint density at radius 3 is 2.48 bits per heavy atom. The molecule has 0 atom stereocenters. The van der Waals surface area contributed by atoms with Crippen LogP contribution in [-0.4, -0.2) is 24.4 Å². The number of hydrogen-bond donors (Lipinski definition) is 0. The Kier molecular flexibility index (Phi) is 3.82. The van der Waals surface area contributed by atoms with E-state index < -0.39 is 0 Å². The molecule has 0 aliphatic rings. The van der Waals surface area contributed by atoms with Crippen molar-refractivity contribution in [1.29, 1.82) is 0 Å². The monoisotopic (exact) mass is 332 g/mol. The van der Waals surface area contributed by atoms with Crippen LogP contribution in [0.2, 0.25) is 0 Å². The lowest BCUT2D eigenvalue weighted by Gasteiger charge is -2.07. The van der Waals surface area contributed by atoms with Gasteiger partial charge in [-0.2, -0.15) is 4.98 Å². The third-order valence-corrected chi connectivity index (χ3v) is 4.09. The van der Waals surface area contributed by atoms with Crippen molar-refractivity contribution >= 4 is 10.8 Å². The van der Waals surface area contributed by atoms with Gasteiger partial charge in [0.25, 0.3) is 5.89 Å². The molecule has 0 fully saturated rings. The van der Waals surface area contributed by atoms with Crippen molar-refractivity contribution in [2.45, 2.75) is 0 Å². The van der Waals surface area contributed by atoms with Gasteiger partial charge in [-0.15, -0.1) is 0 Å². The largest absolute Gasteiger partial charge is 0.493 e. The van der Waals surface area contributed by atoms with Gasteiger partial charge in [-0.25, -0.2) is 0 Å². The fourth-order valence-corrected chi connectivity index (χ4v) is 2.84. The van der Waals surface area contributed by atoms with E-state index in [2.05, 4.69) is 22.3 Å². The molecule has 1 heterocycles. The SMILES string of the molecule is COc1ccc(-c2noc(-c3cccc4ccccc34)n2)cc1OC. The normalized spacial score (nSPS) is 10.8. The Balaban J connectivity index is 1.78. The fourth-order valence-electron chi connectivity index (χ4n) is 2.84. The summed E-state index contributed by atoms with van der Waals surface area (Å²) in [6, 6.07) is 19.7. The number of aromatic nitrogens is 2. The maximum atomic E-state index is 5.51. The van der Waals surface area contributed by atoms with Crippen LogP contribution in [0.1, 0.15) is 0 Å². The van der Waals surface area contributed by atoms with Crippen molar-refractivity contribution in [1.82, 2.24) is 10.1 Å². The molecule has 124 valence electrons. The Bertz CT molecular complexity index is 1030. The van der Waals surface area contributed by atoms with Crippen LogP contribution in [0.3, 0.4) is 0 Å². The Morgan fingerprint density at radius 2 is 1.64 bits per heavy atom. The molecule has 0 N–H and O–H groups in total. The second-order valence-electron chi connectivity index (χ2n) is 5.52. The van der Waals surface area contributed by atoms with E-state index in [1.807, 2.05) is 48.5 Å². The summed E-state index contributed by atoms with van der Waals surface area (Å²) in [7, 11) is 3.20. The number of methoxy groups -OCH3 is 2. The highest BCUT2D eigenvalue weighted by Crippen LogP contribution is 2.33. The van der Waals surface area contributed by atoms with E-state index in [0.717, 1.165) is 21.9 Å². The van der Waals surface area contributed by atoms with Gasteiger partial charge in [0.2, 0.25) is 5.82 Å². The van der Waals surface area contributed by atoms with Crippen LogP contribution in [0.5, 0.6) is 11.5 Å². The van der Waals surface area contributed by atoms with Crippen molar-refractivity contribution in [3.63, 3.8) is 0 Å². The van der Waals surface area contributed by atoms with E-state index in [-0.39, 0.29) is 0 Å². The Labute approximate surface area is 144 Å². The minimum Gasteiger partial charge on any atom is -0.493 e. The molecule has 25 heavy (non-hydrogen) atoms. The van der Waals surface area contributed by atoms with E-state index in [1.54, 1.807) is 14.2 Å². The van der Waals surface area contributed by atoms with Crippen molar-refractivity contribution in [2.24, 2.45) is 0 Å². The summed E-state index contributed by atoms with van der Waals surface area (Å²) in [5, 5.41) is 6.32. The number of fused-ring (bicyclic) bond motifs is 1. The molecule has 1 aromatic heterocycles. The third-order valence-electron chi connectivity index (χ3n) is 4.09. The molecule has 3 aromatic carbocycles. The molecule has 0 unspecified atom stereocenters. The molecule has 0 radical (unpaired) electrons.